The quantitative estimate of drug-likeness (QED) is 0.806. The normalized spacial score (nSPS) is 17.9. The summed E-state index contributed by atoms with van der Waals surface area (Å²) in [7, 11) is 0. The molecule has 0 unspecified atom stereocenters. The molecule has 0 bridgehead atoms. The minimum atomic E-state index is -0.610. The van der Waals surface area contributed by atoms with Crippen molar-refractivity contribution in [2.45, 2.75) is 45.3 Å². The molecule has 9 heteroatoms. The number of carbonyl (C=O) groups is 2. The van der Waals surface area contributed by atoms with E-state index in [1.165, 1.54) is 11.1 Å². The molecule has 1 aliphatic rings. The maximum atomic E-state index is 12.5. The van der Waals surface area contributed by atoms with E-state index in [0.717, 1.165) is 6.42 Å². The molecule has 126 valence electrons. The molecule has 0 spiro atoms. The zero-order chi connectivity index (χ0) is 17.2. The van der Waals surface area contributed by atoms with Crippen LogP contribution in [0.5, 0.6) is 0 Å². The van der Waals surface area contributed by atoms with Gasteiger partial charge in [-0.2, -0.15) is 0 Å². The van der Waals surface area contributed by atoms with Crippen molar-refractivity contribution in [3.05, 3.63) is 10.8 Å². The summed E-state index contributed by atoms with van der Waals surface area (Å²) in [6, 6.07) is -0.606. The summed E-state index contributed by atoms with van der Waals surface area (Å²) in [5, 5.41) is 2.62. The van der Waals surface area contributed by atoms with Gasteiger partial charge in [0.05, 0.1) is 6.20 Å². The van der Waals surface area contributed by atoms with Crippen LogP contribution in [0.1, 0.15) is 33.6 Å². The Morgan fingerprint density at radius 1 is 1.48 bits per heavy atom. The zero-order valence-electron chi connectivity index (χ0n) is 13.3. The number of nitrogen functional groups attached to an aromatic ring is 1. The van der Waals surface area contributed by atoms with Crippen LogP contribution >= 0.6 is 15.9 Å². The predicted octanol–water partition coefficient (Wildman–Crippen LogP) is 2.16. The second-order valence-corrected chi connectivity index (χ2v) is 7.06. The van der Waals surface area contributed by atoms with E-state index in [4.69, 9.17) is 10.5 Å². The highest BCUT2D eigenvalue weighted by Crippen LogP contribution is 2.23. The first kappa shape index (κ1) is 17.5. The highest BCUT2D eigenvalue weighted by molar-refractivity contribution is 9.10. The van der Waals surface area contributed by atoms with Crippen LogP contribution in [0.25, 0.3) is 0 Å². The Labute approximate surface area is 142 Å². The molecule has 3 N–H and O–H groups in total. The van der Waals surface area contributed by atoms with E-state index < -0.39 is 17.7 Å². The summed E-state index contributed by atoms with van der Waals surface area (Å²) < 4.78 is 5.80. The summed E-state index contributed by atoms with van der Waals surface area (Å²) >= 11 is 3.17. The summed E-state index contributed by atoms with van der Waals surface area (Å²) in [5.74, 6) is -0.0729. The maximum Gasteiger partial charge on any atom is 0.410 e. The number of ether oxygens (including phenoxy) is 1. The van der Waals surface area contributed by atoms with Gasteiger partial charge in [0.15, 0.2) is 11.6 Å². The molecule has 1 aliphatic heterocycles. The fraction of sp³-hybridized carbons (Fsp3) is 0.571. The van der Waals surface area contributed by atoms with Gasteiger partial charge in [0.1, 0.15) is 16.2 Å². The van der Waals surface area contributed by atoms with Crippen LogP contribution < -0.4 is 11.1 Å². The van der Waals surface area contributed by atoms with Crippen molar-refractivity contribution >= 4 is 39.6 Å². The van der Waals surface area contributed by atoms with Crippen LogP contribution in [0.3, 0.4) is 0 Å². The van der Waals surface area contributed by atoms with E-state index in [9.17, 15) is 9.59 Å². The van der Waals surface area contributed by atoms with Gasteiger partial charge in [-0.15, -0.1) is 0 Å². The largest absolute Gasteiger partial charge is 0.444 e. The average Bonchev–Trinajstić information content (AvgIpc) is 2.90. The second kappa shape index (κ2) is 6.69. The summed E-state index contributed by atoms with van der Waals surface area (Å²) in [6.07, 6.45) is 2.24. The first-order valence-electron chi connectivity index (χ1n) is 7.26. The lowest BCUT2D eigenvalue weighted by Crippen LogP contribution is -2.45. The molecule has 0 saturated carbocycles. The Morgan fingerprint density at radius 3 is 2.83 bits per heavy atom. The van der Waals surface area contributed by atoms with Gasteiger partial charge in [-0.05, 0) is 49.5 Å². The van der Waals surface area contributed by atoms with Crippen molar-refractivity contribution in [2.24, 2.45) is 0 Å². The first-order chi connectivity index (χ1) is 10.7. The van der Waals surface area contributed by atoms with E-state index in [1.807, 2.05) is 0 Å². The number of hydrogen-bond acceptors (Lipinski definition) is 6. The Morgan fingerprint density at radius 2 is 2.17 bits per heavy atom. The molecule has 1 atom stereocenters. The predicted molar refractivity (Wildman–Crippen MR) is 88.7 cm³/mol. The second-order valence-electron chi connectivity index (χ2n) is 6.25. The highest BCUT2D eigenvalue weighted by Gasteiger charge is 2.36. The van der Waals surface area contributed by atoms with Crippen molar-refractivity contribution < 1.29 is 14.3 Å². The smallest absolute Gasteiger partial charge is 0.410 e. The lowest BCUT2D eigenvalue weighted by molar-refractivity contribution is -0.120. The number of amides is 2. The van der Waals surface area contributed by atoms with Crippen molar-refractivity contribution in [3.8, 4) is 0 Å². The molecule has 0 aromatic carbocycles. The van der Waals surface area contributed by atoms with E-state index in [-0.39, 0.29) is 17.5 Å². The van der Waals surface area contributed by atoms with Crippen LogP contribution in [0.15, 0.2) is 10.8 Å². The molecule has 1 saturated heterocycles. The SMILES string of the molecule is CC(C)(C)OC(=O)N1CCC[C@H]1C(=O)Nc1nc(Br)cnc1N. The van der Waals surface area contributed by atoms with Crippen molar-refractivity contribution in [1.82, 2.24) is 14.9 Å². The van der Waals surface area contributed by atoms with Gasteiger partial charge < -0.3 is 15.8 Å². The Balaban J connectivity index is 2.08. The number of aromatic nitrogens is 2. The lowest BCUT2D eigenvalue weighted by atomic mass is 10.2. The lowest BCUT2D eigenvalue weighted by Gasteiger charge is -2.28. The minimum absolute atomic E-state index is 0.114. The number of rotatable bonds is 2. The molecular formula is C14H20BrN5O3. The van der Waals surface area contributed by atoms with Crippen molar-refractivity contribution in [3.63, 3.8) is 0 Å². The first-order valence-corrected chi connectivity index (χ1v) is 8.05. The van der Waals surface area contributed by atoms with E-state index >= 15 is 0 Å². The zero-order valence-corrected chi connectivity index (χ0v) is 14.9. The molecule has 8 nitrogen and oxygen atoms in total. The number of nitrogens with two attached hydrogens (primary N) is 1. The molecule has 0 radical (unpaired) electrons. The highest BCUT2D eigenvalue weighted by atomic mass is 79.9. The molecule has 1 aromatic heterocycles. The molecule has 2 amide bonds. The molecule has 1 aromatic rings. The number of hydrogen-bond donors (Lipinski definition) is 2. The molecule has 2 heterocycles. The van der Waals surface area contributed by atoms with Crippen LogP contribution in [0.4, 0.5) is 16.4 Å². The topological polar surface area (TPSA) is 110 Å². The third kappa shape index (κ3) is 4.54. The van der Waals surface area contributed by atoms with Crippen LogP contribution in [-0.2, 0) is 9.53 Å². The van der Waals surface area contributed by atoms with E-state index in [0.29, 0.717) is 17.6 Å². The summed E-state index contributed by atoms with van der Waals surface area (Å²) in [5.41, 5.74) is 5.09. The Bertz CT molecular complexity index is 617. The van der Waals surface area contributed by atoms with E-state index in [2.05, 4.69) is 31.2 Å². The van der Waals surface area contributed by atoms with Gasteiger partial charge >= 0.3 is 6.09 Å². The molecule has 23 heavy (non-hydrogen) atoms. The van der Waals surface area contributed by atoms with Gasteiger partial charge in [0.25, 0.3) is 0 Å². The van der Waals surface area contributed by atoms with Crippen molar-refractivity contribution in [2.75, 3.05) is 17.6 Å². The number of carbonyl (C=O) groups excluding carboxylic acids is 2. The fourth-order valence-electron chi connectivity index (χ4n) is 2.25. The van der Waals surface area contributed by atoms with Gasteiger partial charge in [-0.3, -0.25) is 9.69 Å². The number of nitrogens with one attached hydrogen (secondary N) is 1. The van der Waals surface area contributed by atoms with Crippen LogP contribution in [0.2, 0.25) is 0 Å². The van der Waals surface area contributed by atoms with Crippen molar-refractivity contribution in [1.29, 1.82) is 0 Å². The van der Waals surface area contributed by atoms with E-state index in [1.54, 1.807) is 20.8 Å². The molecular weight excluding hydrogens is 366 g/mol. The van der Waals surface area contributed by atoms with Gasteiger partial charge in [-0.1, -0.05) is 0 Å². The number of nitrogens with zero attached hydrogens (tertiary/aromatic N) is 3. The minimum Gasteiger partial charge on any atom is -0.444 e. The number of halogens is 1. The maximum absolute atomic E-state index is 12.5. The van der Waals surface area contributed by atoms with Gasteiger partial charge in [-0.25, -0.2) is 14.8 Å². The van der Waals surface area contributed by atoms with Gasteiger partial charge in [0, 0.05) is 6.54 Å². The third-order valence-electron chi connectivity index (χ3n) is 3.20. The Hall–Kier alpha value is -1.90. The average molecular weight is 386 g/mol. The van der Waals surface area contributed by atoms with Crippen LogP contribution in [-0.4, -0.2) is 45.1 Å². The van der Waals surface area contributed by atoms with Gasteiger partial charge in [0.2, 0.25) is 5.91 Å². The number of likely N-dealkylation sites (tertiary alicyclic amines) is 1. The third-order valence-corrected chi connectivity index (χ3v) is 3.58. The standard InChI is InChI=1S/C14H20BrN5O3/c1-14(2,3)23-13(22)20-6-4-5-8(20)12(21)19-11-10(16)17-7-9(15)18-11/h7-8H,4-6H2,1-3H3,(H2,16,17)(H,18,19,21)/t8-/m0/s1. The summed E-state index contributed by atoms with van der Waals surface area (Å²) in [4.78, 5) is 34.1. The molecule has 0 aliphatic carbocycles. The van der Waals surface area contributed by atoms with Crippen LogP contribution in [0, 0.1) is 0 Å². The fourth-order valence-corrected chi connectivity index (χ4v) is 2.53. The number of anilines is 2. The molecule has 2 rings (SSSR count). The molecule has 1 fully saturated rings. The monoisotopic (exact) mass is 385 g/mol. The Kier molecular flexibility index (Phi) is 5.08. The summed E-state index contributed by atoms with van der Waals surface area (Å²) in [6.45, 7) is 5.84.